The summed E-state index contributed by atoms with van der Waals surface area (Å²) < 4.78 is 14.0. The van der Waals surface area contributed by atoms with E-state index in [9.17, 15) is 14.0 Å². The first-order valence-electron chi connectivity index (χ1n) is 5.07. The maximum absolute atomic E-state index is 13.6. The van der Waals surface area contributed by atoms with E-state index >= 15 is 0 Å². The number of para-hydroxylation sites is 1. The molecule has 2 N–H and O–H groups in total. The molecule has 0 fully saturated rings. The molecule has 1 aromatic carbocycles. The number of nitrogens with one attached hydrogen (secondary N) is 1. The second kappa shape index (κ2) is 5.38. The Morgan fingerprint density at radius 1 is 1.26 bits per heavy atom. The molecular formula is C12H7ClFNO3S. The topological polar surface area (TPSA) is 66.4 Å². The maximum Gasteiger partial charge on any atom is 0.337 e. The van der Waals surface area contributed by atoms with Gasteiger partial charge in [0.15, 0.2) is 0 Å². The van der Waals surface area contributed by atoms with Crippen molar-refractivity contribution in [1.82, 2.24) is 0 Å². The minimum Gasteiger partial charge on any atom is -0.478 e. The summed E-state index contributed by atoms with van der Waals surface area (Å²) in [4.78, 5) is 23.1. The van der Waals surface area contributed by atoms with E-state index in [4.69, 9.17) is 16.7 Å². The summed E-state index contributed by atoms with van der Waals surface area (Å²) in [5.74, 6) is -2.74. The van der Waals surface area contributed by atoms with Crippen LogP contribution in [0.2, 0.25) is 4.34 Å². The molecule has 0 atom stereocenters. The lowest BCUT2D eigenvalue weighted by Crippen LogP contribution is -2.15. The van der Waals surface area contributed by atoms with Gasteiger partial charge >= 0.3 is 5.97 Å². The Hall–Kier alpha value is -1.92. The van der Waals surface area contributed by atoms with E-state index in [-0.39, 0.29) is 16.1 Å². The van der Waals surface area contributed by atoms with Gasteiger partial charge in [0.25, 0.3) is 5.91 Å². The quantitative estimate of drug-likeness (QED) is 0.911. The summed E-state index contributed by atoms with van der Waals surface area (Å²) in [6.07, 6.45) is 0. The highest BCUT2D eigenvalue weighted by atomic mass is 35.5. The predicted molar refractivity (Wildman–Crippen MR) is 70.6 cm³/mol. The largest absolute Gasteiger partial charge is 0.478 e. The molecule has 2 rings (SSSR count). The molecule has 0 saturated carbocycles. The Morgan fingerprint density at radius 3 is 2.58 bits per heavy atom. The van der Waals surface area contributed by atoms with Crippen molar-refractivity contribution in [2.24, 2.45) is 0 Å². The molecular weight excluding hydrogens is 293 g/mol. The van der Waals surface area contributed by atoms with Gasteiger partial charge in [0.2, 0.25) is 0 Å². The summed E-state index contributed by atoms with van der Waals surface area (Å²) in [7, 11) is 0. The van der Waals surface area contributed by atoms with Gasteiger partial charge < -0.3 is 10.4 Å². The predicted octanol–water partition coefficient (Wildman–Crippen LogP) is 3.49. The van der Waals surface area contributed by atoms with Crippen molar-refractivity contribution in [1.29, 1.82) is 0 Å². The number of aromatic carboxylic acids is 1. The number of rotatable bonds is 3. The molecule has 0 saturated heterocycles. The SMILES string of the molecule is O=C(Nc1c(F)cccc1C(=O)O)c1ccc(Cl)s1. The van der Waals surface area contributed by atoms with Gasteiger partial charge in [-0.05, 0) is 24.3 Å². The van der Waals surface area contributed by atoms with Crippen LogP contribution in [0.25, 0.3) is 0 Å². The number of carbonyl (C=O) groups excluding carboxylic acids is 1. The third-order valence-corrected chi connectivity index (χ3v) is 3.51. The van der Waals surface area contributed by atoms with Crippen molar-refractivity contribution < 1.29 is 19.1 Å². The number of thiophene rings is 1. The Morgan fingerprint density at radius 2 is 2.00 bits per heavy atom. The normalized spacial score (nSPS) is 10.2. The zero-order valence-electron chi connectivity index (χ0n) is 9.31. The van der Waals surface area contributed by atoms with Gasteiger partial charge in [0, 0.05) is 0 Å². The molecule has 98 valence electrons. The Balaban J connectivity index is 2.33. The van der Waals surface area contributed by atoms with Crippen LogP contribution in [0.5, 0.6) is 0 Å². The Kier molecular flexibility index (Phi) is 3.82. The molecule has 0 aliphatic heterocycles. The minimum atomic E-state index is -1.32. The van der Waals surface area contributed by atoms with Crippen LogP contribution >= 0.6 is 22.9 Å². The third kappa shape index (κ3) is 2.91. The van der Waals surface area contributed by atoms with Crippen LogP contribution in [-0.2, 0) is 0 Å². The number of carboxylic acids is 1. The van der Waals surface area contributed by atoms with E-state index in [1.165, 1.54) is 24.3 Å². The zero-order chi connectivity index (χ0) is 14.0. The second-order valence-electron chi connectivity index (χ2n) is 3.53. The summed E-state index contributed by atoms with van der Waals surface area (Å²) >= 11 is 6.71. The molecule has 19 heavy (non-hydrogen) atoms. The number of anilines is 1. The molecule has 0 unspecified atom stereocenters. The van der Waals surface area contributed by atoms with Gasteiger partial charge in [0.05, 0.1) is 20.5 Å². The van der Waals surface area contributed by atoms with E-state index in [1.54, 1.807) is 0 Å². The molecule has 0 aliphatic carbocycles. The Bertz CT molecular complexity index is 656. The first-order chi connectivity index (χ1) is 8.99. The van der Waals surface area contributed by atoms with E-state index in [2.05, 4.69) is 5.32 Å². The van der Waals surface area contributed by atoms with Crippen LogP contribution in [0.3, 0.4) is 0 Å². The van der Waals surface area contributed by atoms with E-state index < -0.39 is 17.7 Å². The highest BCUT2D eigenvalue weighted by molar-refractivity contribution is 7.18. The monoisotopic (exact) mass is 299 g/mol. The number of hydrogen-bond acceptors (Lipinski definition) is 3. The number of carboxylic acid groups (broad SMARTS) is 1. The molecule has 0 radical (unpaired) electrons. The molecule has 1 amide bonds. The Labute approximate surface area is 116 Å². The number of hydrogen-bond donors (Lipinski definition) is 2. The van der Waals surface area contributed by atoms with Gasteiger partial charge in [0.1, 0.15) is 5.82 Å². The van der Waals surface area contributed by atoms with Gasteiger partial charge in [-0.2, -0.15) is 0 Å². The van der Waals surface area contributed by atoms with Crippen molar-refractivity contribution in [3.8, 4) is 0 Å². The van der Waals surface area contributed by atoms with Crippen LogP contribution in [0, 0.1) is 5.82 Å². The van der Waals surface area contributed by atoms with Gasteiger partial charge in [-0.3, -0.25) is 4.79 Å². The molecule has 1 heterocycles. The fourth-order valence-electron chi connectivity index (χ4n) is 1.44. The molecule has 4 nitrogen and oxygen atoms in total. The number of amides is 1. The van der Waals surface area contributed by atoms with Crippen LogP contribution in [-0.4, -0.2) is 17.0 Å². The van der Waals surface area contributed by atoms with Crippen LogP contribution in [0.4, 0.5) is 10.1 Å². The van der Waals surface area contributed by atoms with Gasteiger partial charge in [-0.15, -0.1) is 11.3 Å². The van der Waals surface area contributed by atoms with Gasteiger partial charge in [-0.25, -0.2) is 9.18 Å². The van der Waals surface area contributed by atoms with Crippen molar-refractivity contribution in [2.75, 3.05) is 5.32 Å². The van der Waals surface area contributed by atoms with Crippen LogP contribution in [0.15, 0.2) is 30.3 Å². The molecule has 0 bridgehead atoms. The average molecular weight is 300 g/mol. The molecule has 7 heteroatoms. The molecule has 0 spiro atoms. The first kappa shape index (κ1) is 13.5. The number of benzene rings is 1. The summed E-state index contributed by atoms with van der Waals surface area (Å²) in [5.41, 5.74) is -0.666. The lowest BCUT2D eigenvalue weighted by molar-refractivity contribution is 0.0697. The van der Waals surface area contributed by atoms with Crippen LogP contribution < -0.4 is 5.32 Å². The average Bonchev–Trinajstić information content (AvgIpc) is 2.78. The second-order valence-corrected chi connectivity index (χ2v) is 5.24. The zero-order valence-corrected chi connectivity index (χ0v) is 10.9. The smallest absolute Gasteiger partial charge is 0.337 e. The van der Waals surface area contributed by atoms with Gasteiger partial charge in [-0.1, -0.05) is 17.7 Å². The fraction of sp³-hybridized carbons (Fsp3) is 0. The highest BCUT2D eigenvalue weighted by Gasteiger charge is 2.18. The molecule has 0 aliphatic rings. The van der Waals surface area contributed by atoms with E-state index in [0.717, 1.165) is 17.4 Å². The minimum absolute atomic E-state index is 0.268. The highest BCUT2D eigenvalue weighted by Crippen LogP contribution is 2.25. The van der Waals surface area contributed by atoms with Crippen molar-refractivity contribution in [2.45, 2.75) is 0 Å². The fourth-order valence-corrected chi connectivity index (χ4v) is 2.38. The van der Waals surface area contributed by atoms with Crippen molar-refractivity contribution in [3.63, 3.8) is 0 Å². The van der Waals surface area contributed by atoms with Crippen molar-refractivity contribution >= 4 is 40.5 Å². The summed E-state index contributed by atoms with van der Waals surface area (Å²) in [6.45, 7) is 0. The summed E-state index contributed by atoms with van der Waals surface area (Å²) in [5, 5.41) is 11.2. The number of carbonyl (C=O) groups is 2. The standard InChI is InChI=1S/C12H7ClFNO3S/c13-9-5-4-8(19-9)11(16)15-10-6(12(17)18)2-1-3-7(10)14/h1-5H,(H,15,16)(H,17,18). The van der Waals surface area contributed by atoms with E-state index in [0.29, 0.717) is 4.34 Å². The van der Waals surface area contributed by atoms with Crippen LogP contribution in [0.1, 0.15) is 20.0 Å². The van der Waals surface area contributed by atoms with E-state index in [1.807, 2.05) is 0 Å². The number of halogens is 2. The van der Waals surface area contributed by atoms with Crippen molar-refractivity contribution in [3.05, 3.63) is 50.9 Å². The summed E-state index contributed by atoms with van der Waals surface area (Å²) in [6, 6.07) is 6.55. The first-order valence-corrected chi connectivity index (χ1v) is 6.27. The molecule has 2 aromatic rings. The molecule has 1 aromatic heterocycles. The lowest BCUT2D eigenvalue weighted by atomic mass is 10.1. The maximum atomic E-state index is 13.6. The lowest BCUT2D eigenvalue weighted by Gasteiger charge is -2.08. The third-order valence-electron chi connectivity index (χ3n) is 2.28.